The summed E-state index contributed by atoms with van der Waals surface area (Å²) in [5, 5.41) is 5.49. The van der Waals surface area contributed by atoms with Gasteiger partial charge in [0.2, 0.25) is 0 Å². The van der Waals surface area contributed by atoms with Crippen LogP contribution in [-0.2, 0) is 0 Å². The van der Waals surface area contributed by atoms with Crippen LogP contribution in [0.25, 0.3) is 0 Å². The van der Waals surface area contributed by atoms with Crippen LogP contribution in [0.1, 0.15) is 31.7 Å². The van der Waals surface area contributed by atoms with Gasteiger partial charge in [0.05, 0.1) is 0 Å². The fraction of sp³-hybridized carbons (Fsp3) is 0.667. The summed E-state index contributed by atoms with van der Waals surface area (Å²) in [5.41, 5.74) is 4.47. The molecule has 1 aromatic heterocycles. The van der Waals surface area contributed by atoms with E-state index in [9.17, 15) is 0 Å². The van der Waals surface area contributed by atoms with E-state index in [-0.39, 0.29) is 0 Å². The van der Waals surface area contributed by atoms with Crippen molar-refractivity contribution in [1.82, 2.24) is 15.0 Å². The minimum absolute atomic E-state index is 0.876. The molecule has 0 bridgehead atoms. The zero-order valence-electron chi connectivity index (χ0n) is 10.7. The maximum absolute atomic E-state index is 4.31. The molecule has 0 aliphatic carbocycles. The van der Waals surface area contributed by atoms with Gasteiger partial charge in [-0.1, -0.05) is 6.42 Å². The van der Waals surface area contributed by atoms with E-state index in [4.69, 9.17) is 0 Å². The first kappa shape index (κ1) is 12.1. The Hall–Kier alpha value is -1.36. The van der Waals surface area contributed by atoms with Gasteiger partial charge in [-0.25, -0.2) is 15.0 Å². The first-order valence-electron chi connectivity index (χ1n) is 6.38. The molecule has 1 aromatic rings. The molecule has 0 saturated carbocycles. The van der Waals surface area contributed by atoms with E-state index in [2.05, 4.69) is 32.6 Å². The van der Waals surface area contributed by atoms with Crippen LogP contribution in [0.15, 0.2) is 6.33 Å². The number of aromatic nitrogens is 2. The van der Waals surface area contributed by atoms with Gasteiger partial charge in [0.25, 0.3) is 0 Å². The van der Waals surface area contributed by atoms with Gasteiger partial charge in [0.15, 0.2) is 0 Å². The van der Waals surface area contributed by atoms with Gasteiger partial charge in [0.1, 0.15) is 18.0 Å². The Morgan fingerprint density at radius 2 is 1.88 bits per heavy atom. The van der Waals surface area contributed by atoms with Crippen LogP contribution < -0.4 is 10.7 Å². The van der Waals surface area contributed by atoms with Crippen molar-refractivity contribution >= 4 is 11.6 Å². The van der Waals surface area contributed by atoms with Crippen LogP contribution in [0.5, 0.6) is 0 Å². The minimum Gasteiger partial charge on any atom is -0.370 e. The van der Waals surface area contributed by atoms with Crippen LogP contribution in [0.3, 0.4) is 0 Å². The molecular weight excluding hydrogens is 214 g/mol. The molecule has 0 amide bonds. The summed E-state index contributed by atoms with van der Waals surface area (Å²) in [4.78, 5) is 8.55. The average molecular weight is 235 g/mol. The summed E-state index contributed by atoms with van der Waals surface area (Å²) in [5.74, 6) is 1.83. The SMILES string of the molecule is CCNc1ncnc(NN2CCCCC2)c1C. The van der Waals surface area contributed by atoms with Crippen molar-refractivity contribution in [2.75, 3.05) is 30.4 Å². The molecule has 2 N–H and O–H groups in total. The third-order valence-corrected chi connectivity index (χ3v) is 3.05. The number of anilines is 2. The first-order valence-corrected chi connectivity index (χ1v) is 6.38. The van der Waals surface area contributed by atoms with Crippen LogP contribution in [0.4, 0.5) is 11.6 Å². The summed E-state index contributed by atoms with van der Waals surface area (Å²) < 4.78 is 0. The number of rotatable bonds is 4. The number of piperidine rings is 1. The number of nitrogens with zero attached hydrogens (tertiary/aromatic N) is 3. The van der Waals surface area contributed by atoms with Gasteiger partial charge in [-0.2, -0.15) is 0 Å². The van der Waals surface area contributed by atoms with Crippen molar-refractivity contribution in [3.8, 4) is 0 Å². The lowest BCUT2D eigenvalue weighted by Gasteiger charge is -2.28. The molecule has 2 heterocycles. The topological polar surface area (TPSA) is 53.1 Å². The summed E-state index contributed by atoms with van der Waals surface area (Å²) >= 11 is 0. The zero-order valence-corrected chi connectivity index (χ0v) is 10.7. The normalized spacial score (nSPS) is 16.8. The maximum Gasteiger partial charge on any atom is 0.148 e. The molecule has 0 spiro atoms. The predicted octanol–water partition coefficient (Wildman–Crippen LogP) is 2.03. The van der Waals surface area contributed by atoms with Gasteiger partial charge < -0.3 is 10.7 Å². The van der Waals surface area contributed by atoms with Crippen molar-refractivity contribution in [3.63, 3.8) is 0 Å². The van der Waals surface area contributed by atoms with Gasteiger partial charge in [-0.3, -0.25) is 0 Å². The summed E-state index contributed by atoms with van der Waals surface area (Å²) in [6, 6.07) is 0. The van der Waals surface area contributed by atoms with Crippen LogP contribution in [0.2, 0.25) is 0 Å². The highest BCUT2D eigenvalue weighted by Gasteiger charge is 2.12. The third kappa shape index (κ3) is 3.06. The third-order valence-electron chi connectivity index (χ3n) is 3.05. The van der Waals surface area contributed by atoms with Crippen LogP contribution in [-0.4, -0.2) is 34.6 Å². The molecule has 2 rings (SSSR count). The molecule has 1 saturated heterocycles. The molecular formula is C12H21N5. The Bertz CT molecular complexity index is 360. The highest BCUT2D eigenvalue weighted by atomic mass is 15.5. The van der Waals surface area contributed by atoms with Gasteiger partial charge in [0, 0.05) is 25.2 Å². The second-order valence-corrected chi connectivity index (χ2v) is 4.39. The highest BCUT2D eigenvalue weighted by molar-refractivity contribution is 5.55. The zero-order chi connectivity index (χ0) is 12.1. The van der Waals surface area contributed by atoms with Gasteiger partial charge in [-0.05, 0) is 26.7 Å². The quantitative estimate of drug-likeness (QED) is 0.836. The van der Waals surface area contributed by atoms with E-state index in [0.717, 1.165) is 36.8 Å². The molecule has 5 nitrogen and oxygen atoms in total. The Morgan fingerprint density at radius 3 is 2.59 bits per heavy atom. The summed E-state index contributed by atoms with van der Waals surface area (Å²) in [7, 11) is 0. The average Bonchev–Trinajstić information content (AvgIpc) is 2.36. The molecule has 5 heteroatoms. The van der Waals surface area contributed by atoms with Crippen LogP contribution >= 0.6 is 0 Å². The number of nitrogens with one attached hydrogen (secondary N) is 2. The largest absolute Gasteiger partial charge is 0.370 e. The van der Waals surface area contributed by atoms with Crippen molar-refractivity contribution in [1.29, 1.82) is 0 Å². The first-order chi connectivity index (χ1) is 8.31. The predicted molar refractivity (Wildman–Crippen MR) is 70.0 cm³/mol. The Kier molecular flexibility index (Phi) is 4.14. The minimum atomic E-state index is 0.876. The fourth-order valence-corrected chi connectivity index (χ4v) is 2.06. The Morgan fingerprint density at radius 1 is 1.18 bits per heavy atom. The highest BCUT2D eigenvalue weighted by Crippen LogP contribution is 2.19. The molecule has 0 atom stereocenters. The van der Waals surface area contributed by atoms with E-state index in [1.54, 1.807) is 6.33 Å². The van der Waals surface area contributed by atoms with Crippen molar-refractivity contribution in [3.05, 3.63) is 11.9 Å². The van der Waals surface area contributed by atoms with E-state index < -0.39 is 0 Å². The van der Waals surface area contributed by atoms with Gasteiger partial charge in [-0.15, -0.1) is 0 Å². The summed E-state index contributed by atoms with van der Waals surface area (Å²) in [6.45, 7) is 7.19. The van der Waals surface area contributed by atoms with Crippen molar-refractivity contribution in [2.45, 2.75) is 33.1 Å². The standard InChI is InChI=1S/C12H21N5/c1-3-13-11-10(2)12(15-9-14-11)16-17-7-5-4-6-8-17/h9H,3-8H2,1-2H3,(H2,13,14,15,16). The monoisotopic (exact) mass is 235 g/mol. The molecule has 1 aliphatic heterocycles. The second kappa shape index (κ2) is 5.82. The molecule has 1 aliphatic rings. The van der Waals surface area contributed by atoms with Crippen molar-refractivity contribution in [2.24, 2.45) is 0 Å². The maximum atomic E-state index is 4.31. The molecule has 0 unspecified atom stereocenters. The molecule has 17 heavy (non-hydrogen) atoms. The fourth-order valence-electron chi connectivity index (χ4n) is 2.06. The molecule has 0 aromatic carbocycles. The lowest BCUT2D eigenvalue weighted by molar-refractivity contribution is 0.272. The second-order valence-electron chi connectivity index (χ2n) is 4.39. The smallest absolute Gasteiger partial charge is 0.148 e. The van der Waals surface area contributed by atoms with Crippen molar-refractivity contribution < 1.29 is 0 Å². The molecule has 1 fully saturated rings. The van der Waals surface area contributed by atoms with E-state index in [0.29, 0.717) is 0 Å². The Balaban J connectivity index is 2.06. The summed E-state index contributed by atoms with van der Waals surface area (Å²) in [6.07, 6.45) is 5.47. The van der Waals surface area contributed by atoms with Crippen LogP contribution in [0, 0.1) is 6.92 Å². The van der Waals surface area contributed by atoms with Gasteiger partial charge >= 0.3 is 0 Å². The Labute approximate surface area is 103 Å². The lowest BCUT2D eigenvalue weighted by atomic mass is 10.2. The lowest BCUT2D eigenvalue weighted by Crippen LogP contribution is -2.35. The van der Waals surface area contributed by atoms with E-state index in [1.807, 2.05) is 6.92 Å². The molecule has 0 radical (unpaired) electrons. The van der Waals surface area contributed by atoms with E-state index in [1.165, 1.54) is 19.3 Å². The van der Waals surface area contributed by atoms with E-state index >= 15 is 0 Å². The number of hydrogen-bond donors (Lipinski definition) is 2. The number of hydrogen-bond acceptors (Lipinski definition) is 5. The number of hydrazine groups is 1. The molecule has 94 valence electrons.